The van der Waals surface area contributed by atoms with Crippen LogP contribution in [0.5, 0.6) is 5.75 Å². The molecular weight excluding hydrogens is 402 g/mol. The molecule has 0 spiro atoms. The Hall–Kier alpha value is -3.81. The summed E-state index contributed by atoms with van der Waals surface area (Å²) in [5.41, 5.74) is 4.54. The molecule has 0 atom stereocenters. The number of nitrogens with zero attached hydrogens (tertiary/aromatic N) is 4. The first kappa shape index (κ1) is 20.1. The maximum atomic E-state index is 5.25. The van der Waals surface area contributed by atoms with Crippen molar-refractivity contribution in [1.29, 1.82) is 0 Å². The molecule has 1 aliphatic rings. The van der Waals surface area contributed by atoms with Crippen LogP contribution in [0, 0.1) is 6.92 Å². The molecule has 5 rings (SSSR count). The van der Waals surface area contributed by atoms with Crippen molar-refractivity contribution < 1.29 is 4.74 Å². The minimum atomic E-state index is 0.536. The van der Waals surface area contributed by atoms with E-state index in [0.717, 1.165) is 54.4 Å². The topological polar surface area (TPSA) is 91.0 Å². The fourth-order valence-corrected chi connectivity index (χ4v) is 3.99. The molecule has 8 nitrogen and oxygen atoms in total. The number of anilines is 5. The lowest BCUT2D eigenvalue weighted by Crippen LogP contribution is -2.30. The summed E-state index contributed by atoms with van der Waals surface area (Å²) in [6.07, 6.45) is 3.57. The second-order valence-electron chi connectivity index (χ2n) is 8.05. The van der Waals surface area contributed by atoms with Crippen molar-refractivity contribution in [1.82, 2.24) is 19.9 Å². The van der Waals surface area contributed by atoms with Crippen molar-refractivity contribution in [2.24, 2.45) is 0 Å². The molecule has 0 saturated carbocycles. The van der Waals surface area contributed by atoms with Crippen molar-refractivity contribution in [3.05, 3.63) is 54.1 Å². The Morgan fingerprint density at radius 3 is 2.47 bits per heavy atom. The molecule has 32 heavy (non-hydrogen) atoms. The lowest BCUT2D eigenvalue weighted by atomic mass is 10.1. The number of nitrogens with one attached hydrogen (secondary N) is 3. The molecule has 2 aromatic carbocycles. The van der Waals surface area contributed by atoms with E-state index in [-0.39, 0.29) is 0 Å². The molecule has 1 fully saturated rings. The molecule has 3 heterocycles. The number of ether oxygens (including phenoxy) is 1. The largest absolute Gasteiger partial charge is 0.497 e. The third kappa shape index (κ3) is 4.30. The predicted octanol–water partition coefficient (Wildman–Crippen LogP) is 5.15. The molecule has 0 amide bonds. The van der Waals surface area contributed by atoms with Gasteiger partial charge in [-0.05, 0) is 68.1 Å². The van der Waals surface area contributed by atoms with Gasteiger partial charge in [0.05, 0.1) is 7.11 Å². The summed E-state index contributed by atoms with van der Waals surface area (Å²) in [4.78, 5) is 20.0. The third-order valence-corrected chi connectivity index (χ3v) is 5.61. The van der Waals surface area contributed by atoms with Gasteiger partial charge in [0.1, 0.15) is 5.75 Å². The number of methoxy groups -OCH3 is 1. The van der Waals surface area contributed by atoms with E-state index in [1.807, 2.05) is 36.4 Å². The first-order valence-corrected chi connectivity index (χ1v) is 11.0. The van der Waals surface area contributed by atoms with Gasteiger partial charge in [-0.3, -0.25) is 0 Å². The summed E-state index contributed by atoms with van der Waals surface area (Å²) < 4.78 is 5.25. The number of aryl methyl sites for hydroxylation is 1. The van der Waals surface area contributed by atoms with Crippen molar-refractivity contribution in [2.75, 3.05) is 35.7 Å². The number of imidazole rings is 1. The van der Waals surface area contributed by atoms with E-state index < -0.39 is 0 Å². The molecule has 0 bridgehead atoms. The zero-order valence-electron chi connectivity index (χ0n) is 18.4. The number of benzene rings is 2. The molecule has 1 saturated heterocycles. The highest BCUT2D eigenvalue weighted by Gasteiger charge is 2.20. The van der Waals surface area contributed by atoms with Crippen molar-refractivity contribution in [3.63, 3.8) is 0 Å². The molecule has 0 aliphatic carbocycles. The van der Waals surface area contributed by atoms with Gasteiger partial charge in [-0.1, -0.05) is 12.1 Å². The Morgan fingerprint density at radius 2 is 1.72 bits per heavy atom. The monoisotopic (exact) mass is 429 g/mol. The zero-order valence-corrected chi connectivity index (χ0v) is 18.4. The molecule has 0 unspecified atom stereocenters. The van der Waals surface area contributed by atoms with E-state index in [2.05, 4.69) is 39.6 Å². The Bertz CT molecular complexity index is 1210. The Balaban J connectivity index is 1.51. The van der Waals surface area contributed by atoms with Gasteiger partial charge < -0.3 is 25.3 Å². The highest BCUT2D eigenvalue weighted by atomic mass is 16.5. The number of hydrogen-bond donors (Lipinski definition) is 3. The molecular formula is C24H27N7O. The van der Waals surface area contributed by atoms with E-state index in [1.165, 1.54) is 12.0 Å². The van der Waals surface area contributed by atoms with E-state index in [4.69, 9.17) is 19.7 Å². The number of fused-ring (bicyclic) bond motifs is 1. The molecule has 1 aliphatic heterocycles. The summed E-state index contributed by atoms with van der Waals surface area (Å²) in [5.74, 6) is 2.86. The molecule has 8 heteroatoms. The second kappa shape index (κ2) is 8.74. The summed E-state index contributed by atoms with van der Waals surface area (Å²) in [6.45, 7) is 4.02. The van der Waals surface area contributed by atoms with Crippen LogP contribution in [0.2, 0.25) is 0 Å². The molecule has 2 aromatic heterocycles. The number of aromatic amines is 1. The van der Waals surface area contributed by atoms with Gasteiger partial charge in [0.15, 0.2) is 17.0 Å². The van der Waals surface area contributed by atoms with Crippen LogP contribution in [0.25, 0.3) is 11.2 Å². The summed E-state index contributed by atoms with van der Waals surface area (Å²) in [6, 6.07) is 15.9. The van der Waals surface area contributed by atoms with Crippen LogP contribution in [0.15, 0.2) is 48.5 Å². The van der Waals surface area contributed by atoms with E-state index in [0.29, 0.717) is 17.5 Å². The first-order valence-electron chi connectivity index (χ1n) is 11.0. The average molecular weight is 430 g/mol. The minimum absolute atomic E-state index is 0.536. The van der Waals surface area contributed by atoms with E-state index >= 15 is 0 Å². The third-order valence-electron chi connectivity index (χ3n) is 5.61. The standard InChI is InChI=1S/C24H27N7O/c1-16-7-6-8-18(15-16)26-23-27-20-21(28-23)29-24(25-17-9-11-19(32-2)12-10-17)30-22(20)31-13-4-3-5-14-31/h6-12,15H,3-5,13-14H2,1-2H3,(H3,25,26,27,28,29,30). The number of piperidine rings is 1. The van der Waals surface area contributed by atoms with Crippen molar-refractivity contribution in [2.45, 2.75) is 26.2 Å². The second-order valence-corrected chi connectivity index (χ2v) is 8.05. The summed E-state index contributed by atoms with van der Waals surface area (Å²) >= 11 is 0. The van der Waals surface area contributed by atoms with Crippen LogP contribution < -0.4 is 20.3 Å². The fourth-order valence-electron chi connectivity index (χ4n) is 3.99. The number of H-pyrrole nitrogens is 1. The Labute approximate surface area is 187 Å². The van der Waals surface area contributed by atoms with E-state index in [1.54, 1.807) is 7.11 Å². The maximum Gasteiger partial charge on any atom is 0.231 e. The van der Waals surface area contributed by atoms with Crippen LogP contribution in [0.4, 0.5) is 29.1 Å². The highest BCUT2D eigenvalue weighted by Crippen LogP contribution is 2.29. The average Bonchev–Trinajstić information content (AvgIpc) is 3.22. The first-order chi connectivity index (χ1) is 15.7. The van der Waals surface area contributed by atoms with Crippen molar-refractivity contribution in [3.8, 4) is 5.75 Å². The normalized spacial score (nSPS) is 13.9. The molecule has 164 valence electrons. The van der Waals surface area contributed by atoms with Crippen LogP contribution in [-0.4, -0.2) is 40.1 Å². The predicted molar refractivity (Wildman–Crippen MR) is 128 cm³/mol. The van der Waals surface area contributed by atoms with Gasteiger partial charge in [-0.2, -0.15) is 9.97 Å². The Morgan fingerprint density at radius 1 is 0.906 bits per heavy atom. The van der Waals surface area contributed by atoms with Gasteiger partial charge in [0.2, 0.25) is 11.9 Å². The quantitative estimate of drug-likeness (QED) is 0.390. The number of rotatable bonds is 6. The highest BCUT2D eigenvalue weighted by molar-refractivity contribution is 5.87. The van der Waals surface area contributed by atoms with Crippen molar-refractivity contribution >= 4 is 40.3 Å². The maximum absolute atomic E-state index is 5.25. The zero-order chi connectivity index (χ0) is 21.9. The van der Waals surface area contributed by atoms with E-state index in [9.17, 15) is 0 Å². The van der Waals surface area contributed by atoms with Crippen LogP contribution in [0.1, 0.15) is 24.8 Å². The van der Waals surface area contributed by atoms with Gasteiger partial charge in [0.25, 0.3) is 0 Å². The molecule has 4 aromatic rings. The lowest BCUT2D eigenvalue weighted by molar-refractivity contribution is 0.415. The molecule has 0 radical (unpaired) electrons. The van der Waals surface area contributed by atoms with Crippen LogP contribution >= 0.6 is 0 Å². The molecule has 3 N–H and O–H groups in total. The summed E-state index contributed by atoms with van der Waals surface area (Å²) in [5, 5.41) is 6.68. The fraction of sp³-hybridized carbons (Fsp3) is 0.292. The lowest BCUT2D eigenvalue weighted by Gasteiger charge is -2.27. The van der Waals surface area contributed by atoms with Crippen LogP contribution in [-0.2, 0) is 0 Å². The SMILES string of the molecule is COc1ccc(Nc2nc(N3CCCCC3)c3nc(Nc4cccc(C)c4)[nH]c3n2)cc1. The minimum Gasteiger partial charge on any atom is -0.497 e. The van der Waals surface area contributed by atoms with Gasteiger partial charge >= 0.3 is 0 Å². The Kier molecular flexibility index (Phi) is 5.49. The smallest absolute Gasteiger partial charge is 0.231 e. The van der Waals surface area contributed by atoms with Gasteiger partial charge in [-0.15, -0.1) is 0 Å². The van der Waals surface area contributed by atoms with Gasteiger partial charge in [-0.25, -0.2) is 4.98 Å². The number of aromatic nitrogens is 4. The van der Waals surface area contributed by atoms with Gasteiger partial charge in [0, 0.05) is 24.5 Å². The van der Waals surface area contributed by atoms with Crippen LogP contribution in [0.3, 0.4) is 0 Å². The summed E-state index contributed by atoms with van der Waals surface area (Å²) in [7, 11) is 1.66. The number of hydrogen-bond acceptors (Lipinski definition) is 7.